The molecule has 1 aromatic carbocycles. The topological polar surface area (TPSA) is 76.5 Å². The van der Waals surface area contributed by atoms with Crippen molar-refractivity contribution in [1.29, 1.82) is 0 Å². The summed E-state index contributed by atoms with van der Waals surface area (Å²) in [6, 6.07) is 4.50. The number of fused-ring (bicyclic) bond motifs is 1. The third-order valence-corrected chi connectivity index (χ3v) is 7.46. The van der Waals surface area contributed by atoms with Crippen molar-refractivity contribution in [2.45, 2.75) is 96.0 Å². The van der Waals surface area contributed by atoms with Gasteiger partial charge >= 0.3 is 7.12 Å². The Labute approximate surface area is 192 Å². The number of aliphatic hydroxyl groups is 1. The monoisotopic (exact) mass is 437 g/mol. The molecule has 2 heterocycles. The van der Waals surface area contributed by atoms with E-state index in [1.807, 2.05) is 12.3 Å². The van der Waals surface area contributed by atoms with Crippen molar-refractivity contribution in [3.05, 3.63) is 36.5 Å². The van der Waals surface area contributed by atoms with Gasteiger partial charge in [-0.15, -0.1) is 6.58 Å². The van der Waals surface area contributed by atoms with Gasteiger partial charge in [-0.05, 0) is 77.2 Å². The summed E-state index contributed by atoms with van der Waals surface area (Å²) >= 11 is 0. The van der Waals surface area contributed by atoms with Crippen LogP contribution in [0.4, 0.5) is 5.95 Å². The minimum absolute atomic E-state index is 0.270. The third-order valence-electron chi connectivity index (χ3n) is 7.46. The lowest BCUT2D eigenvalue weighted by Crippen LogP contribution is -2.41. The second kappa shape index (κ2) is 8.43. The molecule has 32 heavy (non-hydrogen) atoms. The Morgan fingerprint density at radius 3 is 2.44 bits per heavy atom. The lowest BCUT2D eigenvalue weighted by Gasteiger charge is -2.35. The van der Waals surface area contributed by atoms with Crippen LogP contribution < -0.4 is 10.8 Å². The van der Waals surface area contributed by atoms with Crippen LogP contribution in [0.3, 0.4) is 0 Å². The van der Waals surface area contributed by atoms with Gasteiger partial charge < -0.3 is 19.7 Å². The van der Waals surface area contributed by atoms with E-state index in [0.29, 0.717) is 12.4 Å². The first-order valence-corrected chi connectivity index (χ1v) is 11.8. The van der Waals surface area contributed by atoms with Crippen LogP contribution in [0, 0.1) is 0 Å². The number of aryl methyl sites for hydroxylation is 1. The van der Waals surface area contributed by atoms with Crippen LogP contribution in [-0.4, -0.2) is 45.0 Å². The molecular weight excluding hydrogens is 401 g/mol. The second-order valence-corrected chi connectivity index (χ2v) is 10.4. The summed E-state index contributed by atoms with van der Waals surface area (Å²) in [7, 11) is -0.399. The molecule has 0 bridgehead atoms. The molecule has 0 atom stereocenters. The third kappa shape index (κ3) is 4.43. The molecule has 2 aromatic rings. The normalized spacial score (nSPS) is 26.9. The van der Waals surface area contributed by atoms with Gasteiger partial charge in [0, 0.05) is 17.6 Å². The first-order valence-electron chi connectivity index (χ1n) is 11.8. The first kappa shape index (κ1) is 23.2. The molecule has 1 saturated heterocycles. The van der Waals surface area contributed by atoms with Crippen LogP contribution in [0.5, 0.6) is 0 Å². The molecule has 0 spiro atoms. The van der Waals surface area contributed by atoms with E-state index in [2.05, 4.69) is 63.6 Å². The van der Waals surface area contributed by atoms with Crippen molar-refractivity contribution in [3.8, 4) is 0 Å². The van der Waals surface area contributed by atoms with Crippen molar-refractivity contribution in [3.63, 3.8) is 0 Å². The molecule has 2 fully saturated rings. The largest absolute Gasteiger partial charge is 0.494 e. The Morgan fingerprint density at radius 2 is 1.84 bits per heavy atom. The number of aromatic nitrogens is 2. The number of hydrogen-bond donors (Lipinski definition) is 2. The van der Waals surface area contributed by atoms with E-state index in [1.165, 1.54) is 0 Å². The fourth-order valence-corrected chi connectivity index (χ4v) is 4.65. The zero-order chi connectivity index (χ0) is 23.1. The average Bonchev–Trinajstić information content (AvgIpc) is 2.96. The van der Waals surface area contributed by atoms with E-state index in [9.17, 15) is 5.11 Å². The summed E-state index contributed by atoms with van der Waals surface area (Å²) in [5, 5.41) is 15.1. The molecule has 1 aliphatic heterocycles. The van der Waals surface area contributed by atoms with Gasteiger partial charge in [0.25, 0.3) is 0 Å². The Morgan fingerprint density at radius 1 is 1.19 bits per heavy atom. The van der Waals surface area contributed by atoms with E-state index in [-0.39, 0.29) is 17.2 Å². The number of hydrogen-bond acceptors (Lipinski definition) is 6. The molecule has 0 amide bonds. The first-order chi connectivity index (χ1) is 15.1. The molecule has 2 aliphatic rings. The SMILES string of the molecule is C=CC[C@]1(O)CC[C@@H](Nc2ncc3cc(B4OC(C)(C)C(C)(C)O4)cc(CC)c3n2)CC1. The molecule has 2 N–H and O–H groups in total. The second-order valence-electron chi connectivity index (χ2n) is 10.4. The van der Waals surface area contributed by atoms with E-state index in [0.717, 1.165) is 54.0 Å². The predicted molar refractivity (Wildman–Crippen MR) is 130 cm³/mol. The van der Waals surface area contributed by atoms with Gasteiger partial charge in [-0.3, -0.25) is 0 Å². The van der Waals surface area contributed by atoms with Gasteiger partial charge in [0.1, 0.15) is 0 Å². The van der Waals surface area contributed by atoms with Crippen LogP contribution in [0.2, 0.25) is 0 Å². The Bertz CT molecular complexity index is 983. The summed E-state index contributed by atoms with van der Waals surface area (Å²) < 4.78 is 12.5. The highest BCUT2D eigenvalue weighted by atomic mass is 16.7. The van der Waals surface area contributed by atoms with Gasteiger partial charge in [-0.1, -0.05) is 25.1 Å². The summed E-state index contributed by atoms with van der Waals surface area (Å²) in [5.41, 5.74) is 1.77. The van der Waals surface area contributed by atoms with Gasteiger partial charge in [-0.25, -0.2) is 9.97 Å². The van der Waals surface area contributed by atoms with Crippen LogP contribution in [0.15, 0.2) is 31.0 Å². The Balaban J connectivity index is 1.54. The molecule has 4 rings (SSSR count). The Kier molecular flexibility index (Phi) is 6.12. The van der Waals surface area contributed by atoms with Gasteiger partial charge in [0.05, 0.1) is 22.3 Å². The minimum atomic E-state index is -0.608. The molecule has 1 aromatic heterocycles. The van der Waals surface area contributed by atoms with Crippen molar-refractivity contribution in [2.75, 3.05) is 5.32 Å². The number of benzene rings is 1. The van der Waals surface area contributed by atoms with E-state index < -0.39 is 12.7 Å². The van der Waals surface area contributed by atoms with Gasteiger partial charge in [0.2, 0.25) is 5.95 Å². The van der Waals surface area contributed by atoms with Crippen molar-refractivity contribution >= 4 is 29.4 Å². The average molecular weight is 437 g/mol. The lowest BCUT2D eigenvalue weighted by molar-refractivity contribution is 0.00429. The standard InChI is InChI=1S/C25H36BN3O3/c1-7-11-25(30)12-9-20(10-13-25)28-22-27-16-18-15-19(14-17(8-2)21(18)29-22)26-31-23(3,4)24(5,6)32-26/h7,14-16,20,30H,1,8-13H2,2-6H3,(H,27,28,29)/t20-,25+. The summed E-state index contributed by atoms with van der Waals surface area (Å²) in [5.74, 6) is 0.648. The molecule has 0 radical (unpaired) electrons. The maximum Gasteiger partial charge on any atom is 0.494 e. The molecular formula is C25H36BN3O3. The highest BCUT2D eigenvalue weighted by Gasteiger charge is 2.51. The summed E-state index contributed by atoms with van der Waals surface area (Å²) in [4.78, 5) is 9.45. The van der Waals surface area contributed by atoms with Crippen LogP contribution >= 0.6 is 0 Å². The van der Waals surface area contributed by atoms with E-state index in [4.69, 9.17) is 14.3 Å². The fraction of sp³-hybridized carbons (Fsp3) is 0.600. The van der Waals surface area contributed by atoms with Crippen LogP contribution in [0.25, 0.3) is 10.9 Å². The number of anilines is 1. The fourth-order valence-electron chi connectivity index (χ4n) is 4.65. The zero-order valence-electron chi connectivity index (χ0n) is 20.1. The quantitative estimate of drug-likeness (QED) is 0.522. The molecule has 1 saturated carbocycles. The highest BCUT2D eigenvalue weighted by Crippen LogP contribution is 2.37. The van der Waals surface area contributed by atoms with Crippen molar-refractivity contribution in [1.82, 2.24) is 9.97 Å². The Hall–Kier alpha value is -1.96. The minimum Gasteiger partial charge on any atom is -0.399 e. The zero-order valence-corrected chi connectivity index (χ0v) is 20.1. The number of nitrogens with zero attached hydrogens (tertiary/aromatic N) is 2. The van der Waals surface area contributed by atoms with Gasteiger partial charge in [-0.2, -0.15) is 0 Å². The highest BCUT2D eigenvalue weighted by molar-refractivity contribution is 6.62. The van der Waals surface area contributed by atoms with Crippen LogP contribution in [-0.2, 0) is 15.7 Å². The summed E-state index contributed by atoms with van der Waals surface area (Å²) in [6.45, 7) is 14.2. The number of rotatable bonds is 6. The van der Waals surface area contributed by atoms with Gasteiger partial charge in [0.15, 0.2) is 0 Å². The lowest BCUT2D eigenvalue weighted by atomic mass is 9.77. The molecule has 6 nitrogen and oxygen atoms in total. The maximum absolute atomic E-state index is 10.6. The smallest absolute Gasteiger partial charge is 0.399 e. The number of nitrogens with one attached hydrogen (secondary N) is 1. The molecule has 172 valence electrons. The van der Waals surface area contributed by atoms with Crippen molar-refractivity contribution < 1.29 is 14.4 Å². The van der Waals surface area contributed by atoms with Crippen molar-refractivity contribution in [2.24, 2.45) is 0 Å². The maximum atomic E-state index is 10.6. The molecule has 1 aliphatic carbocycles. The van der Waals surface area contributed by atoms with Crippen LogP contribution in [0.1, 0.15) is 72.3 Å². The summed E-state index contributed by atoms with van der Waals surface area (Å²) in [6.07, 6.45) is 8.53. The molecule has 7 heteroatoms. The van der Waals surface area contributed by atoms with E-state index >= 15 is 0 Å². The molecule has 0 unspecified atom stereocenters. The predicted octanol–water partition coefficient (Wildman–Crippen LogP) is 4.15. The van der Waals surface area contributed by atoms with E-state index in [1.54, 1.807) is 0 Å².